The van der Waals surface area contributed by atoms with Gasteiger partial charge in [0.1, 0.15) is 23.5 Å². The van der Waals surface area contributed by atoms with Crippen molar-refractivity contribution < 1.29 is 22.9 Å². The molecule has 4 N–H and O–H groups in total. The van der Waals surface area contributed by atoms with Crippen LogP contribution in [0.15, 0.2) is 76.0 Å². The lowest BCUT2D eigenvalue weighted by Crippen LogP contribution is -2.32. The van der Waals surface area contributed by atoms with Crippen LogP contribution in [0.2, 0.25) is 0 Å². The summed E-state index contributed by atoms with van der Waals surface area (Å²) < 4.78 is 35.6. The number of amidine groups is 1. The van der Waals surface area contributed by atoms with Crippen molar-refractivity contribution >= 4 is 17.6 Å². The van der Waals surface area contributed by atoms with Crippen LogP contribution in [0, 0.1) is 5.82 Å². The van der Waals surface area contributed by atoms with E-state index in [-0.39, 0.29) is 30.2 Å². The van der Waals surface area contributed by atoms with Crippen molar-refractivity contribution in [3.8, 4) is 11.4 Å². The zero-order valence-corrected chi connectivity index (χ0v) is 20.0. The molecule has 0 saturated heterocycles. The number of nitrogens with two attached hydrogens (primary N) is 1. The zero-order valence-electron chi connectivity index (χ0n) is 20.0. The summed E-state index contributed by atoms with van der Waals surface area (Å²) in [6.07, 6.45) is 2.67. The van der Waals surface area contributed by atoms with Gasteiger partial charge < -0.3 is 25.8 Å². The number of nitrogens with one attached hydrogen (secondary N) is 2. The molecular weight excluding hydrogens is 486 g/mol. The van der Waals surface area contributed by atoms with Crippen LogP contribution >= 0.6 is 0 Å². The van der Waals surface area contributed by atoms with Gasteiger partial charge in [-0.3, -0.25) is 14.3 Å². The van der Waals surface area contributed by atoms with E-state index in [0.29, 0.717) is 22.6 Å². The van der Waals surface area contributed by atoms with E-state index in [1.165, 1.54) is 36.7 Å². The van der Waals surface area contributed by atoms with E-state index in [1.807, 2.05) is 0 Å². The molecule has 2 aromatic heterocycles. The third-order valence-electron chi connectivity index (χ3n) is 5.49. The lowest BCUT2D eigenvalue weighted by molar-refractivity contribution is -0.121. The Morgan fingerprint density at radius 2 is 2.03 bits per heavy atom. The Morgan fingerprint density at radius 3 is 2.70 bits per heavy atom. The third kappa shape index (κ3) is 5.72. The number of primary amides is 1. The first-order valence-corrected chi connectivity index (χ1v) is 11.1. The number of rotatable bonds is 8. The van der Waals surface area contributed by atoms with Crippen LogP contribution < -0.4 is 16.4 Å². The van der Waals surface area contributed by atoms with E-state index < -0.39 is 23.8 Å². The van der Waals surface area contributed by atoms with Crippen LogP contribution in [0.5, 0.6) is 0 Å². The number of hydrogen-bond donors (Lipinski definition) is 3. The fourth-order valence-electron chi connectivity index (χ4n) is 3.69. The van der Waals surface area contributed by atoms with Crippen LogP contribution in [-0.4, -0.2) is 51.6 Å². The summed E-state index contributed by atoms with van der Waals surface area (Å²) in [4.78, 5) is 29.3. The Bertz CT molecular complexity index is 1390. The van der Waals surface area contributed by atoms with Crippen molar-refractivity contribution in [3.05, 3.63) is 83.5 Å². The molecular formula is C24H24F2N8O3. The molecule has 0 spiro atoms. The average molecular weight is 511 g/mol. The number of hydrogen-bond acceptors (Lipinski definition) is 8. The number of aliphatic imine (C=N–C) groups is 1. The summed E-state index contributed by atoms with van der Waals surface area (Å²) in [7, 11) is 3.01. The summed E-state index contributed by atoms with van der Waals surface area (Å²) in [5.41, 5.74) is 7.06. The topological polar surface area (TPSA) is 144 Å². The summed E-state index contributed by atoms with van der Waals surface area (Å²) in [6, 6.07) is 9.68. The number of amides is 2. The molecule has 192 valence electrons. The number of halogens is 2. The minimum absolute atomic E-state index is 0.00321. The average Bonchev–Trinajstić information content (AvgIpc) is 3.53. The Kier molecular flexibility index (Phi) is 7.41. The van der Waals surface area contributed by atoms with Gasteiger partial charge in [0.2, 0.25) is 11.8 Å². The third-order valence-corrected chi connectivity index (χ3v) is 5.49. The van der Waals surface area contributed by atoms with Gasteiger partial charge in [-0.2, -0.15) is 5.10 Å². The molecule has 0 bridgehead atoms. The highest BCUT2D eigenvalue weighted by atomic mass is 19.1. The summed E-state index contributed by atoms with van der Waals surface area (Å²) in [6.45, 7) is 0.107. The van der Waals surface area contributed by atoms with E-state index >= 15 is 0 Å². The maximum atomic E-state index is 14.7. The molecule has 3 heterocycles. The number of aromatic nitrogens is 3. The van der Waals surface area contributed by atoms with Crippen LogP contribution in [0.1, 0.15) is 23.8 Å². The monoisotopic (exact) mass is 510 g/mol. The maximum Gasteiger partial charge on any atom is 0.248 e. The highest BCUT2D eigenvalue weighted by Crippen LogP contribution is 2.30. The summed E-state index contributed by atoms with van der Waals surface area (Å²) in [5, 5.41) is 13.6. The maximum absolute atomic E-state index is 14.7. The lowest BCUT2D eigenvalue weighted by Gasteiger charge is -2.26. The SMILES string of the molecule is CNC(=O)/C(=C\NC1=NC(c2cc(-c3ccon3)n(Cc3ccccc3F)n2)N(C)C=C1F)CC(N)=O. The normalized spacial score (nSPS) is 15.7. The largest absolute Gasteiger partial charge is 0.369 e. The van der Waals surface area contributed by atoms with Crippen LogP contribution in [0.3, 0.4) is 0 Å². The van der Waals surface area contributed by atoms with Gasteiger partial charge in [0, 0.05) is 43.7 Å². The fraction of sp³-hybridized carbons (Fsp3) is 0.208. The van der Waals surface area contributed by atoms with Gasteiger partial charge in [-0.1, -0.05) is 23.4 Å². The van der Waals surface area contributed by atoms with Gasteiger partial charge >= 0.3 is 0 Å². The van der Waals surface area contributed by atoms with E-state index in [4.69, 9.17) is 10.3 Å². The Hall–Kier alpha value is -4.81. The number of benzene rings is 1. The highest BCUT2D eigenvalue weighted by Gasteiger charge is 2.27. The second-order valence-electron chi connectivity index (χ2n) is 8.12. The molecule has 11 nitrogen and oxygen atoms in total. The smallest absolute Gasteiger partial charge is 0.248 e. The van der Waals surface area contributed by atoms with E-state index in [0.717, 1.165) is 0 Å². The molecule has 0 aliphatic carbocycles. The van der Waals surface area contributed by atoms with Crippen molar-refractivity contribution in [2.75, 3.05) is 14.1 Å². The molecule has 1 aromatic carbocycles. The second kappa shape index (κ2) is 10.8. The first-order valence-electron chi connectivity index (χ1n) is 11.1. The molecule has 2 amide bonds. The molecule has 37 heavy (non-hydrogen) atoms. The van der Waals surface area contributed by atoms with Gasteiger partial charge in [0.15, 0.2) is 17.8 Å². The lowest BCUT2D eigenvalue weighted by atomic mass is 10.2. The molecule has 0 fully saturated rings. The number of likely N-dealkylation sites (N-methyl/N-ethyl adjacent to an activating group) is 1. The quantitative estimate of drug-likeness (QED) is 0.393. The van der Waals surface area contributed by atoms with E-state index in [2.05, 4.69) is 25.9 Å². The molecule has 0 saturated carbocycles. The highest BCUT2D eigenvalue weighted by molar-refractivity contribution is 6.01. The molecule has 3 aromatic rings. The molecule has 1 aliphatic heterocycles. The Morgan fingerprint density at radius 1 is 1.24 bits per heavy atom. The Balaban J connectivity index is 1.69. The fourth-order valence-corrected chi connectivity index (χ4v) is 3.69. The molecule has 1 unspecified atom stereocenters. The standard InChI is InChI=1S/C24H24F2N8O3/c1-28-24(36)15(9-21(27)35)11-29-22-17(26)13-33(2)23(30-22)19-10-20(18-7-8-37-32-18)34(31-19)12-14-5-3-4-6-16(14)25/h3-8,10-11,13,23H,9,12H2,1-2H3,(H2,27,35)(H,28,36)(H,29,30)/b15-11-. The van der Waals surface area contributed by atoms with Crippen LogP contribution in [0.25, 0.3) is 11.4 Å². The second-order valence-corrected chi connectivity index (χ2v) is 8.12. The van der Waals surface area contributed by atoms with E-state index in [1.54, 1.807) is 42.1 Å². The summed E-state index contributed by atoms with van der Waals surface area (Å²) in [5.74, 6) is -2.54. The van der Waals surface area contributed by atoms with Crippen LogP contribution in [0.4, 0.5) is 8.78 Å². The zero-order chi connectivity index (χ0) is 26.5. The number of carbonyl (C=O) groups is 2. The summed E-state index contributed by atoms with van der Waals surface area (Å²) >= 11 is 0. The first-order chi connectivity index (χ1) is 17.8. The van der Waals surface area contributed by atoms with E-state index in [9.17, 15) is 18.4 Å². The minimum atomic E-state index is -0.775. The molecule has 4 rings (SSSR count). The van der Waals surface area contributed by atoms with Gasteiger partial charge in [0.05, 0.1) is 18.7 Å². The molecule has 1 atom stereocenters. The Labute approximate surface area is 210 Å². The van der Waals surface area contributed by atoms with Gasteiger partial charge in [-0.15, -0.1) is 0 Å². The molecule has 1 aliphatic rings. The van der Waals surface area contributed by atoms with Gasteiger partial charge in [0.25, 0.3) is 0 Å². The van der Waals surface area contributed by atoms with Crippen LogP contribution in [-0.2, 0) is 16.1 Å². The van der Waals surface area contributed by atoms with Crippen molar-refractivity contribution in [2.24, 2.45) is 10.7 Å². The van der Waals surface area contributed by atoms with Gasteiger partial charge in [-0.05, 0) is 12.1 Å². The van der Waals surface area contributed by atoms with Crippen molar-refractivity contribution in [1.82, 2.24) is 30.5 Å². The molecule has 13 heteroatoms. The minimum Gasteiger partial charge on any atom is -0.369 e. The van der Waals surface area contributed by atoms with Crippen molar-refractivity contribution in [2.45, 2.75) is 19.1 Å². The van der Waals surface area contributed by atoms with Crippen molar-refractivity contribution in [3.63, 3.8) is 0 Å². The number of nitrogens with zero attached hydrogens (tertiary/aromatic N) is 5. The first kappa shape index (κ1) is 25.3. The molecule has 0 radical (unpaired) electrons. The predicted octanol–water partition coefficient (Wildman–Crippen LogP) is 1.97. The number of carbonyl (C=O) groups excluding carboxylic acids is 2. The van der Waals surface area contributed by atoms with Crippen molar-refractivity contribution in [1.29, 1.82) is 0 Å². The predicted molar refractivity (Wildman–Crippen MR) is 129 cm³/mol. The van der Waals surface area contributed by atoms with Gasteiger partial charge in [-0.25, -0.2) is 13.8 Å².